The monoisotopic (exact) mass is 210 g/mol. The summed E-state index contributed by atoms with van der Waals surface area (Å²) in [5, 5.41) is 0. The van der Waals surface area contributed by atoms with E-state index in [1.54, 1.807) is 0 Å². The number of hydrogen-bond acceptors (Lipinski definition) is 0. The summed E-state index contributed by atoms with van der Waals surface area (Å²) in [6.45, 7) is 20.8. The summed E-state index contributed by atoms with van der Waals surface area (Å²) in [7, 11) is 0. The SMILES string of the molecule is C=C.CC.CC.CC(C)(C)C1C=CC=C1. The van der Waals surface area contributed by atoms with Gasteiger partial charge < -0.3 is 0 Å². The molecule has 0 fully saturated rings. The van der Waals surface area contributed by atoms with E-state index in [0.29, 0.717) is 11.3 Å². The second kappa shape index (κ2) is 13.2. The molecule has 0 amide bonds. The third-order valence-electron chi connectivity index (χ3n) is 1.75. The molecule has 0 radical (unpaired) electrons. The van der Waals surface area contributed by atoms with Crippen LogP contribution in [-0.2, 0) is 0 Å². The maximum atomic E-state index is 3.00. The lowest BCUT2D eigenvalue weighted by atomic mass is 9.82. The predicted molar refractivity (Wildman–Crippen MR) is 75.2 cm³/mol. The van der Waals surface area contributed by atoms with Crippen molar-refractivity contribution < 1.29 is 0 Å². The zero-order valence-electron chi connectivity index (χ0n) is 11.8. The molecule has 0 saturated heterocycles. The van der Waals surface area contributed by atoms with Crippen LogP contribution in [0.3, 0.4) is 0 Å². The lowest BCUT2D eigenvalue weighted by molar-refractivity contribution is 0.346. The molecule has 0 saturated carbocycles. The first kappa shape index (κ1) is 19.7. The molecule has 0 spiro atoms. The van der Waals surface area contributed by atoms with Gasteiger partial charge in [-0.25, -0.2) is 0 Å². The number of hydrogen-bond donors (Lipinski definition) is 0. The molecule has 0 unspecified atom stereocenters. The highest BCUT2D eigenvalue weighted by Crippen LogP contribution is 2.30. The smallest absolute Gasteiger partial charge is 0.000136 e. The average molecular weight is 210 g/mol. The highest BCUT2D eigenvalue weighted by Gasteiger charge is 2.20. The van der Waals surface area contributed by atoms with Crippen LogP contribution in [0, 0.1) is 11.3 Å². The quantitative estimate of drug-likeness (QED) is 0.455. The summed E-state index contributed by atoms with van der Waals surface area (Å²) >= 11 is 0. The van der Waals surface area contributed by atoms with Crippen molar-refractivity contribution in [3.63, 3.8) is 0 Å². The van der Waals surface area contributed by atoms with E-state index in [9.17, 15) is 0 Å². The summed E-state index contributed by atoms with van der Waals surface area (Å²) in [5.41, 5.74) is 0.406. The van der Waals surface area contributed by atoms with Crippen molar-refractivity contribution >= 4 is 0 Å². The van der Waals surface area contributed by atoms with Crippen LogP contribution in [0.5, 0.6) is 0 Å². The number of allylic oxidation sites excluding steroid dienone is 4. The van der Waals surface area contributed by atoms with E-state index < -0.39 is 0 Å². The molecule has 0 bridgehead atoms. The Morgan fingerprint density at radius 3 is 1.20 bits per heavy atom. The van der Waals surface area contributed by atoms with Crippen LogP contribution in [0.15, 0.2) is 37.5 Å². The van der Waals surface area contributed by atoms with Crippen molar-refractivity contribution in [1.82, 2.24) is 0 Å². The molecule has 0 aromatic carbocycles. The van der Waals surface area contributed by atoms with Crippen molar-refractivity contribution in [3.8, 4) is 0 Å². The van der Waals surface area contributed by atoms with Crippen molar-refractivity contribution in [2.75, 3.05) is 0 Å². The van der Waals surface area contributed by atoms with Crippen LogP contribution in [0.1, 0.15) is 48.5 Å². The predicted octanol–water partition coefficient (Wildman–Crippen LogP) is 5.63. The largest absolute Gasteiger partial charge is 0.106 e. The first-order chi connectivity index (χ1) is 7.11. The Hall–Kier alpha value is -0.780. The van der Waals surface area contributed by atoms with Gasteiger partial charge in [0.1, 0.15) is 0 Å². The summed E-state index contributed by atoms with van der Waals surface area (Å²) < 4.78 is 0. The van der Waals surface area contributed by atoms with Crippen LogP contribution in [-0.4, -0.2) is 0 Å². The minimum Gasteiger partial charge on any atom is -0.106 e. The van der Waals surface area contributed by atoms with E-state index in [1.165, 1.54) is 0 Å². The molecule has 0 aromatic rings. The van der Waals surface area contributed by atoms with Gasteiger partial charge in [-0.15, -0.1) is 13.2 Å². The van der Waals surface area contributed by atoms with Gasteiger partial charge in [-0.05, 0) is 5.41 Å². The lowest BCUT2D eigenvalue weighted by Crippen LogP contribution is -2.14. The fraction of sp³-hybridized carbons (Fsp3) is 0.600. The first-order valence-electron chi connectivity index (χ1n) is 5.96. The second-order valence-corrected chi connectivity index (χ2v) is 3.66. The summed E-state index contributed by atoms with van der Waals surface area (Å²) in [6, 6.07) is 0. The maximum absolute atomic E-state index is 3.00. The molecular weight excluding hydrogens is 180 g/mol. The van der Waals surface area contributed by atoms with Crippen LogP contribution in [0.4, 0.5) is 0 Å². The molecule has 0 heteroatoms. The van der Waals surface area contributed by atoms with Gasteiger partial charge in [-0.3, -0.25) is 0 Å². The van der Waals surface area contributed by atoms with E-state index in [1.807, 2.05) is 27.7 Å². The van der Waals surface area contributed by atoms with E-state index in [4.69, 9.17) is 0 Å². The minimum absolute atomic E-state index is 0.406. The molecule has 0 aromatic heterocycles. The third-order valence-corrected chi connectivity index (χ3v) is 1.75. The normalized spacial score (nSPS) is 12.7. The highest BCUT2D eigenvalue weighted by atomic mass is 14.2. The molecule has 1 aliphatic carbocycles. The van der Waals surface area contributed by atoms with Gasteiger partial charge in [-0.2, -0.15) is 0 Å². The van der Waals surface area contributed by atoms with Crippen LogP contribution in [0.25, 0.3) is 0 Å². The van der Waals surface area contributed by atoms with Crippen molar-refractivity contribution in [2.45, 2.75) is 48.5 Å². The molecule has 0 aliphatic heterocycles. The Balaban J connectivity index is -0.000000208. The minimum atomic E-state index is 0.406. The summed E-state index contributed by atoms with van der Waals surface area (Å²) in [5.74, 6) is 0.650. The van der Waals surface area contributed by atoms with Crippen molar-refractivity contribution in [2.24, 2.45) is 11.3 Å². The van der Waals surface area contributed by atoms with E-state index in [-0.39, 0.29) is 0 Å². The van der Waals surface area contributed by atoms with Gasteiger partial charge in [-0.1, -0.05) is 72.8 Å². The Kier molecular flexibility index (Phi) is 17.4. The van der Waals surface area contributed by atoms with Crippen molar-refractivity contribution in [3.05, 3.63) is 37.5 Å². The highest BCUT2D eigenvalue weighted by molar-refractivity contribution is 5.19. The van der Waals surface area contributed by atoms with E-state index in [0.717, 1.165) is 0 Å². The first-order valence-corrected chi connectivity index (χ1v) is 5.96. The fourth-order valence-corrected chi connectivity index (χ4v) is 1.01. The standard InChI is InChI=1S/C9H14.2C2H6.C2H4/c1-9(2,3)8-6-4-5-7-8;3*1-2/h4-8H,1-3H3;2*1-2H3;1-2H2. The maximum Gasteiger partial charge on any atom is 0.000136 e. The van der Waals surface area contributed by atoms with Crippen LogP contribution >= 0.6 is 0 Å². The summed E-state index contributed by atoms with van der Waals surface area (Å²) in [6.07, 6.45) is 8.74. The summed E-state index contributed by atoms with van der Waals surface area (Å²) in [4.78, 5) is 0. The van der Waals surface area contributed by atoms with Gasteiger partial charge in [0, 0.05) is 5.92 Å². The van der Waals surface area contributed by atoms with E-state index >= 15 is 0 Å². The molecule has 15 heavy (non-hydrogen) atoms. The number of rotatable bonds is 0. The average Bonchev–Trinajstić information content (AvgIpc) is 2.79. The zero-order valence-corrected chi connectivity index (χ0v) is 11.8. The van der Waals surface area contributed by atoms with Gasteiger partial charge in [0.2, 0.25) is 0 Å². The zero-order chi connectivity index (χ0) is 12.9. The molecule has 1 aliphatic rings. The third kappa shape index (κ3) is 11.1. The molecule has 0 atom stereocenters. The van der Waals surface area contributed by atoms with E-state index in [2.05, 4.69) is 58.2 Å². The Morgan fingerprint density at radius 2 is 1.07 bits per heavy atom. The van der Waals surface area contributed by atoms with Crippen LogP contribution in [0.2, 0.25) is 0 Å². The van der Waals surface area contributed by atoms with Gasteiger partial charge in [0.25, 0.3) is 0 Å². The molecule has 0 N–H and O–H groups in total. The molecule has 1 rings (SSSR count). The Labute approximate surface area is 97.8 Å². The lowest BCUT2D eigenvalue weighted by Gasteiger charge is -2.23. The molecule has 0 nitrogen and oxygen atoms in total. The van der Waals surface area contributed by atoms with Crippen molar-refractivity contribution in [1.29, 1.82) is 0 Å². The Morgan fingerprint density at radius 1 is 0.800 bits per heavy atom. The molecular formula is C15H30. The van der Waals surface area contributed by atoms with Gasteiger partial charge in [0.05, 0.1) is 0 Å². The fourth-order valence-electron chi connectivity index (χ4n) is 1.01. The second-order valence-electron chi connectivity index (χ2n) is 3.66. The van der Waals surface area contributed by atoms with Gasteiger partial charge >= 0.3 is 0 Å². The van der Waals surface area contributed by atoms with Gasteiger partial charge in [0.15, 0.2) is 0 Å². The Bertz CT molecular complexity index is 143. The van der Waals surface area contributed by atoms with Crippen LogP contribution < -0.4 is 0 Å². The molecule has 90 valence electrons. The topological polar surface area (TPSA) is 0 Å². The molecule has 0 heterocycles.